The lowest BCUT2D eigenvalue weighted by Crippen LogP contribution is -2.38. The summed E-state index contributed by atoms with van der Waals surface area (Å²) in [7, 11) is 1.61. The van der Waals surface area contributed by atoms with Crippen molar-refractivity contribution in [2.45, 2.75) is 13.5 Å². The second kappa shape index (κ2) is 9.80. The highest BCUT2D eigenvalue weighted by Crippen LogP contribution is 2.34. The van der Waals surface area contributed by atoms with Crippen molar-refractivity contribution in [3.63, 3.8) is 0 Å². The fourth-order valence-electron chi connectivity index (χ4n) is 4.12. The van der Waals surface area contributed by atoms with Crippen molar-refractivity contribution >= 4 is 51.7 Å². The van der Waals surface area contributed by atoms with E-state index < -0.39 is 0 Å². The predicted molar refractivity (Wildman–Crippen MR) is 141 cm³/mol. The molecular formula is C25H24N4O4S2. The second-order valence-corrected chi connectivity index (χ2v) is 9.93. The fraction of sp³-hybridized carbons (Fsp3) is 0.280. The van der Waals surface area contributed by atoms with Crippen molar-refractivity contribution in [2.75, 3.05) is 38.3 Å². The minimum Gasteiger partial charge on any atom is -0.497 e. The van der Waals surface area contributed by atoms with Crippen molar-refractivity contribution in [1.82, 2.24) is 14.3 Å². The average Bonchev–Trinajstić information content (AvgIpc) is 3.14. The van der Waals surface area contributed by atoms with Gasteiger partial charge in [-0.3, -0.25) is 18.9 Å². The van der Waals surface area contributed by atoms with Gasteiger partial charge < -0.3 is 14.4 Å². The molecule has 8 nitrogen and oxygen atoms in total. The summed E-state index contributed by atoms with van der Waals surface area (Å²) >= 11 is 6.72. The number of hydrogen-bond acceptors (Lipinski definition) is 8. The van der Waals surface area contributed by atoms with Crippen molar-refractivity contribution in [3.05, 3.63) is 74.5 Å². The van der Waals surface area contributed by atoms with Crippen LogP contribution in [0.5, 0.6) is 5.75 Å². The summed E-state index contributed by atoms with van der Waals surface area (Å²) in [5.41, 5.74) is 2.58. The Balaban J connectivity index is 1.54. The van der Waals surface area contributed by atoms with Crippen LogP contribution < -0.4 is 15.2 Å². The van der Waals surface area contributed by atoms with Crippen LogP contribution in [0.1, 0.15) is 16.7 Å². The van der Waals surface area contributed by atoms with Gasteiger partial charge in [-0.15, -0.1) is 0 Å². The molecule has 35 heavy (non-hydrogen) atoms. The fourth-order valence-corrected chi connectivity index (χ4v) is 5.36. The van der Waals surface area contributed by atoms with E-state index in [0.717, 1.165) is 16.9 Å². The Labute approximate surface area is 212 Å². The summed E-state index contributed by atoms with van der Waals surface area (Å²) < 4.78 is 12.7. The van der Waals surface area contributed by atoms with E-state index in [1.165, 1.54) is 16.2 Å². The Kier molecular flexibility index (Phi) is 6.59. The molecule has 1 aromatic carbocycles. The molecule has 5 rings (SSSR count). The summed E-state index contributed by atoms with van der Waals surface area (Å²) in [5, 5.41) is 0. The molecule has 3 aromatic rings. The van der Waals surface area contributed by atoms with Crippen LogP contribution in [0, 0.1) is 6.92 Å². The first-order chi connectivity index (χ1) is 17.0. The zero-order valence-corrected chi connectivity index (χ0v) is 21.0. The van der Waals surface area contributed by atoms with E-state index in [4.69, 9.17) is 26.7 Å². The lowest BCUT2D eigenvalue weighted by molar-refractivity contribution is -0.122. The van der Waals surface area contributed by atoms with Gasteiger partial charge in [-0.25, -0.2) is 4.98 Å². The van der Waals surface area contributed by atoms with Crippen LogP contribution in [0.15, 0.2) is 52.3 Å². The SMILES string of the molecule is COc1ccc(CN2C(=O)/C(=C\c3c(N4CCOCC4)nc4c(C)cccn4c3=O)SC2=S)cc1. The van der Waals surface area contributed by atoms with E-state index in [1.807, 2.05) is 48.2 Å². The normalized spacial score (nSPS) is 17.6. The Hall–Kier alpha value is -3.21. The number of benzene rings is 1. The molecule has 4 heterocycles. The van der Waals surface area contributed by atoms with Gasteiger partial charge in [-0.05, 0) is 42.3 Å². The maximum atomic E-state index is 13.6. The highest BCUT2D eigenvalue weighted by molar-refractivity contribution is 8.26. The Morgan fingerprint density at radius 2 is 1.91 bits per heavy atom. The number of amides is 1. The van der Waals surface area contributed by atoms with Gasteiger partial charge >= 0.3 is 0 Å². The highest BCUT2D eigenvalue weighted by atomic mass is 32.2. The summed E-state index contributed by atoms with van der Waals surface area (Å²) in [6.07, 6.45) is 3.34. The van der Waals surface area contributed by atoms with Crippen LogP contribution in [0.4, 0.5) is 5.82 Å². The molecule has 2 aromatic heterocycles. The first-order valence-corrected chi connectivity index (χ1v) is 12.4. The van der Waals surface area contributed by atoms with Crippen LogP contribution >= 0.6 is 24.0 Å². The number of ether oxygens (including phenoxy) is 2. The zero-order valence-electron chi connectivity index (χ0n) is 19.4. The van der Waals surface area contributed by atoms with Gasteiger partial charge in [-0.1, -0.05) is 42.2 Å². The molecule has 2 fully saturated rings. The first kappa shape index (κ1) is 23.5. The van der Waals surface area contributed by atoms with E-state index in [0.29, 0.717) is 59.1 Å². The number of thiocarbonyl (C=S) groups is 1. The molecule has 1 amide bonds. The van der Waals surface area contributed by atoms with Gasteiger partial charge in [0, 0.05) is 19.3 Å². The van der Waals surface area contributed by atoms with Gasteiger partial charge in [0.1, 0.15) is 21.5 Å². The Bertz CT molecular complexity index is 1400. The number of carbonyl (C=O) groups is 1. The van der Waals surface area contributed by atoms with Crippen molar-refractivity contribution in [2.24, 2.45) is 0 Å². The number of methoxy groups -OCH3 is 1. The number of aryl methyl sites for hydroxylation is 1. The number of aromatic nitrogens is 2. The van der Waals surface area contributed by atoms with Crippen LogP contribution in [0.2, 0.25) is 0 Å². The topological polar surface area (TPSA) is 76.4 Å². The molecule has 0 N–H and O–H groups in total. The maximum Gasteiger partial charge on any atom is 0.267 e. The van der Waals surface area contributed by atoms with Gasteiger partial charge in [0.05, 0.1) is 37.3 Å². The Morgan fingerprint density at radius 1 is 1.17 bits per heavy atom. The summed E-state index contributed by atoms with van der Waals surface area (Å²) in [6, 6.07) is 11.2. The summed E-state index contributed by atoms with van der Waals surface area (Å²) in [6.45, 7) is 4.61. The van der Waals surface area contributed by atoms with Gasteiger partial charge in [-0.2, -0.15) is 0 Å². The third kappa shape index (κ3) is 4.56. The molecule has 180 valence electrons. The van der Waals surface area contributed by atoms with Crippen molar-refractivity contribution in [1.29, 1.82) is 0 Å². The molecular weight excluding hydrogens is 484 g/mol. The summed E-state index contributed by atoms with van der Waals surface area (Å²) in [4.78, 5) is 35.8. The average molecular weight is 509 g/mol. The standard InChI is InChI=1S/C25H24N4O4S2/c1-16-4-3-9-28-21(16)26-22(27-10-12-33-13-11-27)19(23(28)30)14-20-24(31)29(25(34)35-20)15-17-5-7-18(32-2)8-6-17/h3-9,14H,10-13,15H2,1-2H3/b20-14+. The number of nitrogens with zero attached hydrogens (tertiary/aromatic N) is 4. The quantitative estimate of drug-likeness (QED) is 0.384. The molecule has 0 atom stereocenters. The monoisotopic (exact) mass is 508 g/mol. The van der Waals surface area contributed by atoms with Gasteiger partial charge in [0.25, 0.3) is 11.5 Å². The second-order valence-electron chi connectivity index (χ2n) is 8.25. The smallest absolute Gasteiger partial charge is 0.267 e. The van der Waals surface area contributed by atoms with Crippen molar-refractivity contribution < 1.29 is 14.3 Å². The van der Waals surface area contributed by atoms with E-state index in [1.54, 1.807) is 24.3 Å². The minimum atomic E-state index is -0.225. The van der Waals surface area contributed by atoms with E-state index in [9.17, 15) is 9.59 Å². The van der Waals surface area contributed by atoms with E-state index in [2.05, 4.69) is 0 Å². The molecule has 0 spiro atoms. The maximum absolute atomic E-state index is 13.6. The molecule has 0 radical (unpaired) electrons. The third-order valence-electron chi connectivity index (χ3n) is 6.02. The lowest BCUT2D eigenvalue weighted by Gasteiger charge is -2.29. The number of carbonyl (C=O) groups excluding carboxylic acids is 1. The number of pyridine rings is 1. The summed E-state index contributed by atoms with van der Waals surface area (Å²) in [5.74, 6) is 1.08. The number of thioether (sulfide) groups is 1. The molecule has 0 aliphatic carbocycles. The highest BCUT2D eigenvalue weighted by Gasteiger charge is 2.33. The Morgan fingerprint density at radius 3 is 2.63 bits per heavy atom. The predicted octanol–water partition coefficient (Wildman–Crippen LogP) is 3.25. The molecule has 0 unspecified atom stereocenters. The molecule has 2 aliphatic heterocycles. The van der Waals surface area contributed by atoms with Gasteiger partial charge in [0.2, 0.25) is 0 Å². The lowest BCUT2D eigenvalue weighted by atomic mass is 10.2. The molecule has 2 saturated heterocycles. The van der Waals surface area contributed by atoms with E-state index in [-0.39, 0.29) is 11.5 Å². The third-order valence-corrected chi connectivity index (χ3v) is 7.40. The largest absolute Gasteiger partial charge is 0.497 e. The van der Waals surface area contributed by atoms with Crippen LogP contribution in [0.25, 0.3) is 11.7 Å². The number of anilines is 1. The molecule has 0 bridgehead atoms. The van der Waals surface area contributed by atoms with Crippen molar-refractivity contribution in [3.8, 4) is 5.75 Å². The number of hydrogen-bond donors (Lipinski definition) is 0. The van der Waals surface area contributed by atoms with Gasteiger partial charge in [0.15, 0.2) is 0 Å². The molecule has 10 heteroatoms. The number of fused-ring (bicyclic) bond motifs is 1. The van der Waals surface area contributed by atoms with E-state index >= 15 is 0 Å². The van der Waals surface area contributed by atoms with Crippen LogP contribution in [0.3, 0.4) is 0 Å². The number of morpholine rings is 1. The molecule has 0 saturated carbocycles. The van der Waals surface area contributed by atoms with Crippen LogP contribution in [-0.4, -0.2) is 57.9 Å². The number of rotatable bonds is 5. The first-order valence-electron chi connectivity index (χ1n) is 11.2. The van der Waals surface area contributed by atoms with Crippen LogP contribution in [-0.2, 0) is 16.1 Å². The minimum absolute atomic E-state index is 0.222. The molecule has 2 aliphatic rings. The zero-order chi connectivity index (χ0) is 24.5.